The smallest absolute Gasteiger partial charge is 0.289 e. The Bertz CT molecular complexity index is 816. The van der Waals surface area contributed by atoms with Gasteiger partial charge in [-0.25, -0.2) is 0 Å². The molecule has 2 aromatic rings. The highest BCUT2D eigenvalue weighted by molar-refractivity contribution is 5.91. The zero-order valence-electron chi connectivity index (χ0n) is 18.7. The molecule has 2 aliphatic rings. The summed E-state index contributed by atoms with van der Waals surface area (Å²) in [5, 5.41) is 0. The molecule has 0 bridgehead atoms. The summed E-state index contributed by atoms with van der Waals surface area (Å²) in [5.74, 6) is 1.50. The summed E-state index contributed by atoms with van der Waals surface area (Å²) in [5.41, 5.74) is 1.04. The van der Waals surface area contributed by atoms with Crippen molar-refractivity contribution >= 4 is 5.91 Å². The van der Waals surface area contributed by atoms with Crippen LogP contribution >= 0.6 is 0 Å². The van der Waals surface area contributed by atoms with Crippen LogP contribution in [-0.4, -0.2) is 53.5 Å². The third kappa shape index (κ3) is 5.95. The van der Waals surface area contributed by atoms with E-state index < -0.39 is 0 Å². The molecule has 1 amide bonds. The molecule has 2 aromatic heterocycles. The summed E-state index contributed by atoms with van der Waals surface area (Å²) in [6, 6.07) is 8.28. The lowest BCUT2D eigenvalue weighted by atomic mass is 9.90. The quantitative estimate of drug-likeness (QED) is 0.623. The van der Waals surface area contributed by atoms with Gasteiger partial charge in [-0.2, -0.15) is 0 Å². The molecule has 2 fully saturated rings. The molecule has 0 unspecified atom stereocenters. The molecular formula is C25H35N3O3. The predicted molar refractivity (Wildman–Crippen MR) is 120 cm³/mol. The Labute approximate surface area is 185 Å². The second-order valence-corrected chi connectivity index (χ2v) is 9.04. The van der Waals surface area contributed by atoms with Crippen molar-refractivity contribution in [1.29, 1.82) is 0 Å². The number of hydrogen-bond acceptors (Lipinski definition) is 5. The molecule has 0 aromatic carbocycles. The molecule has 6 nitrogen and oxygen atoms in total. The van der Waals surface area contributed by atoms with Gasteiger partial charge < -0.3 is 19.0 Å². The molecule has 168 valence electrons. The van der Waals surface area contributed by atoms with Crippen molar-refractivity contribution in [2.45, 2.75) is 64.1 Å². The monoisotopic (exact) mass is 425 g/mol. The average molecular weight is 426 g/mol. The van der Waals surface area contributed by atoms with Crippen LogP contribution in [0.15, 0.2) is 41.1 Å². The number of aromatic nitrogens is 1. The van der Waals surface area contributed by atoms with E-state index in [9.17, 15) is 4.79 Å². The van der Waals surface area contributed by atoms with Crippen LogP contribution in [0, 0.1) is 5.92 Å². The van der Waals surface area contributed by atoms with E-state index in [4.69, 9.17) is 9.15 Å². The zero-order valence-corrected chi connectivity index (χ0v) is 18.7. The summed E-state index contributed by atoms with van der Waals surface area (Å²) in [6.45, 7) is 3.96. The first kappa shape index (κ1) is 22.0. The topological polar surface area (TPSA) is 58.8 Å². The summed E-state index contributed by atoms with van der Waals surface area (Å²) < 4.78 is 10.9. The van der Waals surface area contributed by atoms with E-state index in [0.29, 0.717) is 30.6 Å². The van der Waals surface area contributed by atoms with Crippen molar-refractivity contribution in [3.8, 4) is 0 Å². The highest BCUT2D eigenvalue weighted by Gasteiger charge is 2.30. The minimum atomic E-state index is -0.0546. The number of furan rings is 1. The minimum absolute atomic E-state index is 0.0546. The van der Waals surface area contributed by atoms with Crippen molar-refractivity contribution in [2.24, 2.45) is 5.92 Å². The lowest BCUT2D eigenvalue weighted by molar-refractivity contribution is 0.0554. The van der Waals surface area contributed by atoms with Crippen LogP contribution < -0.4 is 0 Å². The van der Waals surface area contributed by atoms with Crippen LogP contribution in [-0.2, 0) is 17.9 Å². The average Bonchev–Trinajstić information content (AvgIpc) is 3.28. The van der Waals surface area contributed by atoms with Crippen molar-refractivity contribution in [2.75, 3.05) is 26.7 Å². The molecule has 6 heteroatoms. The fraction of sp³-hybridized carbons (Fsp3) is 0.600. The van der Waals surface area contributed by atoms with Gasteiger partial charge in [-0.3, -0.25) is 9.78 Å². The van der Waals surface area contributed by atoms with Gasteiger partial charge in [0.1, 0.15) is 12.4 Å². The minimum Gasteiger partial charge on any atom is -0.453 e. The number of piperidine rings is 1. The van der Waals surface area contributed by atoms with E-state index in [0.717, 1.165) is 24.7 Å². The van der Waals surface area contributed by atoms with E-state index in [-0.39, 0.29) is 5.91 Å². The Hall–Kier alpha value is -2.18. The molecule has 0 spiro atoms. The van der Waals surface area contributed by atoms with E-state index >= 15 is 0 Å². The second-order valence-electron chi connectivity index (χ2n) is 9.04. The first-order valence-electron chi connectivity index (χ1n) is 11.7. The van der Waals surface area contributed by atoms with Gasteiger partial charge in [-0.05, 0) is 61.9 Å². The Morgan fingerprint density at radius 1 is 1.19 bits per heavy atom. The van der Waals surface area contributed by atoms with Gasteiger partial charge in [-0.15, -0.1) is 0 Å². The van der Waals surface area contributed by atoms with Gasteiger partial charge in [-0.1, -0.05) is 25.3 Å². The van der Waals surface area contributed by atoms with Crippen molar-refractivity contribution in [1.82, 2.24) is 14.8 Å². The Morgan fingerprint density at radius 2 is 2.06 bits per heavy atom. The Morgan fingerprint density at radius 3 is 2.84 bits per heavy atom. The number of ether oxygens (including phenoxy) is 1. The van der Waals surface area contributed by atoms with Gasteiger partial charge in [0.05, 0.1) is 0 Å². The highest BCUT2D eigenvalue weighted by atomic mass is 16.5. The molecule has 4 rings (SSSR count). The molecule has 1 aliphatic carbocycles. The standard InChI is InChI=1S/C25H35N3O3/c1-30-19-23-11-12-24(31-23)25(29)28(16-20-7-5-13-26-15-20)18-21-8-6-14-27(17-21)22-9-3-2-4-10-22/h5,7,11-13,15,21-22H,2-4,6,8-10,14,16-19H2,1H3/t21-/m0/s1. The van der Waals surface area contributed by atoms with Crippen LogP contribution in [0.25, 0.3) is 0 Å². The van der Waals surface area contributed by atoms with Crippen molar-refractivity contribution in [3.05, 3.63) is 53.7 Å². The highest BCUT2D eigenvalue weighted by Crippen LogP contribution is 2.28. The van der Waals surface area contributed by atoms with Gasteiger partial charge in [0.2, 0.25) is 0 Å². The maximum absolute atomic E-state index is 13.4. The predicted octanol–water partition coefficient (Wildman–Crippen LogP) is 4.51. The number of carbonyl (C=O) groups is 1. The third-order valence-corrected chi connectivity index (χ3v) is 6.66. The van der Waals surface area contributed by atoms with Gasteiger partial charge in [0.15, 0.2) is 5.76 Å². The number of likely N-dealkylation sites (tertiary alicyclic amines) is 1. The normalized spacial score (nSPS) is 20.6. The number of hydrogen-bond donors (Lipinski definition) is 0. The van der Waals surface area contributed by atoms with Crippen LogP contribution in [0.5, 0.6) is 0 Å². The second kappa shape index (κ2) is 10.9. The van der Waals surface area contributed by atoms with E-state index in [2.05, 4.69) is 9.88 Å². The number of methoxy groups -OCH3 is 1. The molecular weight excluding hydrogens is 390 g/mol. The zero-order chi connectivity index (χ0) is 21.5. The number of amides is 1. The summed E-state index contributed by atoms with van der Waals surface area (Å²) in [6.07, 6.45) is 12.8. The van der Waals surface area contributed by atoms with Crippen LogP contribution in [0.3, 0.4) is 0 Å². The first-order chi connectivity index (χ1) is 15.2. The molecule has 0 N–H and O–H groups in total. The number of nitrogens with zero attached hydrogens (tertiary/aromatic N) is 3. The fourth-order valence-corrected chi connectivity index (χ4v) is 5.14. The molecule has 1 atom stereocenters. The van der Waals surface area contributed by atoms with Crippen molar-refractivity contribution < 1.29 is 13.9 Å². The van der Waals surface area contributed by atoms with E-state index in [1.54, 1.807) is 19.4 Å². The molecule has 0 radical (unpaired) electrons. The van der Waals surface area contributed by atoms with Gasteiger partial charge in [0.25, 0.3) is 5.91 Å². The van der Waals surface area contributed by atoms with Crippen molar-refractivity contribution in [3.63, 3.8) is 0 Å². The summed E-state index contributed by atoms with van der Waals surface area (Å²) in [4.78, 5) is 22.3. The number of pyridine rings is 1. The molecule has 1 aliphatic heterocycles. The molecule has 3 heterocycles. The number of carbonyl (C=O) groups excluding carboxylic acids is 1. The molecule has 31 heavy (non-hydrogen) atoms. The fourth-order valence-electron chi connectivity index (χ4n) is 5.14. The summed E-state index contributed by atoms with van der Waals surface area (Å²) in [7, 11) is 1.62. The van der Waals surface area contributed by atoms with E-state index in [1.807, 2.05) is 29.3 Å². The summed E-state index contributed by atoms with van der Waals surface area (Å²) >= 11 is 0. The van der Waals surface area contributed by atoms with Crippen LogP contribution in [0.4, 0.5) is 0 Å². The van der Waals surface area contributed by atoms with Crippen LogP contribution in [0.2, 0.25) is 0 Å². The van der Waals surface area contributed by atoms with Gasteiger partial charge in [0, 0.05) is 45.2 Å². The SMILES string of the molecule is COCc1ccc(C(=O)N(Cc2cccnc2)C[C@H]2CCCN(C3CCCCC3)C2)o1. The largest absolute Gasteiger partial charge is 0.453 e. The Kier molecular flexibility index (Phi) is 7.76. The lowest BCUT2D eigenvalue weighted by Crippen LogP contribution is -2.47. The number of rotatable bonds is 8. The lowest BCUT2D eigenvalue weighted by Gasteiger charge is -2.41. The maximum Gasteiger partial charge on any atom is 0.289 e. The van der Waals surface area contributed by atoms with E-state index in [1.165, 1.54) is 51.5 Å². The molecule has 1 saturated heterocycles. The van der Waals surface area contributed by atoms with Crippen LogP contribution in [0.1, 0.15) is 66.8 Å². The third-order valence-electron chi connectivity index (χ3n) is 6.66. The maximum atomic E-state index is 13.4. The van der Waals surface area contributed by atoms with Gasteiger partial charge >= 0.3 is 0 Å². The Balaban J connectivity index is 1.46. The first-order valence-corrected chi connectivity index (χ1v) is 11.7. The molecule has 1 saturated carbocycles.